The first kappa shape index (κ1) is 19.0. The first-order chi connectivity index (χ1) is 12.8. The number of alkyl halides is 3. The first-order valence-corrected chi connectivity index (χ1v) is 9.07. The van der Waals surface area contributed by atoms with Crippen molar-refractivity contribution in [1.82, 2.24) is 14.8 Å². The van der Waals surface area contributed by atoms with Crippen molar-refractivity contribution in [3.63, 3.8) is 0 Å². The Bertz CT molecular complexity index is 970. The number of thioether (sulfide) groups is 1. The Morgan fingerprint density at radius 2 is 1.85 bits per heavy atom. The molecule has 2 heterocycles. The number of hydrogen-bond acceptors (Lipinski definition) is 4. The number of para-hydroxylation sites is 1. The van der Waals surface area contributed by atoms with E-state index in [1.807, 2.05) is 36.6 Å². The van der Waals surface area contributed by atoms with Gasteiger partial charge in [-0.1, -0.05) is 18.2 Å². The van der Waals surface area contributed by atoms with Crippen LogP contribution in [0.1, 0.15) is 21.7 Å². The lowest BCUT2D eigenvalue weighted by molar-refractivity contribution is -0.141. The lowest BCUT2D eigenvalue weighted by atomic mass is 10.1. The van der Waals surface area contributed by atoms with Gasteiger partial charge in [0.2, 0.25) is 0 Å². The molecule has 1 aromatic carbocycles. The van der Waals surface area contributed by atoms with E-state index in [-0.39, 0.29) is 11.3 Å². The molecular weight excluding hydrogens is 377 g/mol. The number of halogens is 3. The number of benzene rings is 1. The molecule has 0 fully saturated rings. The molecule has 9 heteroatoms. The van der Waals surface area contributed by atoms with Crippen LogP contribution in [0, 0.1) is 6.92 Å². The van der Waals surface area contributed by atoms with Gasteiger partial charge >= 0.3 is 6.18 Å². The number of nitrogens with one attached hydrogen (secondary N) is 1. The van der Waals surface area contributed by atoms with E-state index in [1.54, 1.807) is 10.9 Å². The molecule has 5 nitrogen and oxygen atoms in total. The van der Waals surface area contributed by atoms with Crippen LogP contribution >= 0.6 is 11.8 Å². The van der Waals surface area contributed by atoms with Gasteiger partial charge in [-0.05, 0) is 37.4 Å². The van der Waals surface area contributed by atoms with Crippen LogP contribution in [0.25, 0.3) is 5.69 Å². The van der Waals surface area contributed by atoms with Crippen LogP contribution in [-0.2, 0) is 6.18 Å². The summed E-state index contributed by atoms with van der Waals surface area (Å²) in [4.78, 5) is 16.9. The number of aryl methyl sites for hydroxylation is 1. The van der Waals surface area contributed by atoms with E-state index in [9.17, 15) is 18.0 Å². The van der Waals surface area contributed by atoms with Gasteiger partial charge in [0, 0.05) is 0 Å². The van der Waals surface area contributed by atoms with Crippen molar-refractivity contribution >= 4 is 23.5 Å². The van der Waals surface area contributed by atoms with Gasteiger partial charge in [-0.2, -0.15) is 18.3 Å². The zero-order valence-electron chi connectivity index (χ0n) is 14.4. The van der Waals surface area contributed by atoms with Crippen molar-refractivity contribution in [1.29, 1.82) is 0 Å². The Labute approximate surface area is 157 Å². The van der Waals surface area contributed by atoms with E-state index < -0.39 is 17.8 Å². The molecular formula is C18H15F3N4OS. The van der Waals surface area contributed by atoms with E-state index in [4.69, 9.17) is 0 Å². The fourth-order valence-electron chi connectivity index (χ4n) is 2.50. The number of carbonyl (C=O) groups is 1. The van der Waals surface area contributed by atoms with Gasteiger partial charge in [0.25, 0.3) is 5.91 Å². The molecule has 1 N–H and O–H groups in total. The molecule has 0 aliphatic rings. The van der Waals surface area contributed by atoms with Gasteiger partial charge in [0.1, 0.15) is 11.5 Å². The van der Waals surface area contributed by atoms with Crippen molar-refractivity contribution in [3.8, 4) is 5.69 Å². The highest BCUT2D eigenvalue weighted by Gasteiger charge is 2.33. The third-order valence-electron chi connectivity index (χ3n) is 3.81. The van der Waals surface area contributed by atoms with Crippen LogP contribution in [0.15, 0.2) is 53.6 Å². The minimum atomic E-state index is -4.56. The number of pyridine rings is 1. The lowest BCUT2D eigenvalue weighted by Crippen LogP contribution is -2.18. The summed E-state index contributed by atoms with van der Waals surface area (Å²) in [7, 11) is 0. The summed E-state index contributed by atoms with van der Waals surface area (Å²) in [6, 6.07) is 11.1. The molecule has 140 valence electrons. The highest BCUT2D eigenvalue weighted by Crippen LogP contribution is 2.30. The number of rotatable bonds is 4. The van der Waals surface area contributed by atoms with Crippen molar-refractivity contribution in [3.05, 3.63) is 65.6 Å². The van der Waals surface area contributed by atoms with E-state index in [2.05, 4.69) is 15.4 Å². The molecule has 0 saturated carbocycles. The topological polar surface area (TPSA) is 59.8 Å². The molecule has 27 heavy (non-hydrogen) atoms. The monoisotopic (exact) mass is 392 g/mol. The van der Waals surface area contributed by atoms with Crippen LogP contribution in [0.3, 0.4) is 0 Å². The fraction of sp³-hybridized carbons (Fsp3) is 0.167. The lowest BCUT2D eigenvalue weighted by Gasteiger charge is -2.13. The first-order valence-electron chi connectivity index (χ1n) is 7.85. The molecule has 0 spiro atoms. The zero-order valence-corrected chi connectivity index (χ0v) is 15.2. The summed E-state index contributed by atoms with van der Waals surface area (Å²) in [6.45, 7) is 1.37. The molecule has 0 radical (unpaired) electrons. The van der Waals surface area contributed by atoms with Crippen molar-refractivity contribution in [2.24, 2.45) is 0 Å². The number of aromatic nitrogens is 3. The fourth-order valence-corrected chi connectivity index (χ4v) is 2.98. The third kappa shape index (κ3) is 3.97. The molecule has 3 aromatic rings. The Balaban J connectivity index is 1.94. The SMILES string of the molecule is CSc1cnn(-c2ccccc2)c1NC(=O)c1ccc(C(F)(F)F)nc1C. The van der Waals surface area contributed by atoms with Crippen LogP contribution in [0.4, 0.5) is 19.0 Å². The summed E-state index contributed by atoms with van der Waals surface area (Å²) in [5, 5.41) is 7.03. The summed E-state index contributed by atoms with van der Waals surface area (Å²) < 4.78 is 39.9. The number of anilines is 1. The second-order valence-electron chi connectivity index (χ2n) is 5.59. The summed E-state index contributed by atoms with van der Waals surface area (Å²) >= 11 is 1.40. The summed E-state index contributed by atoms with van der Waals surface area (Å²) in [5.41, 5.74) is -0.222. The summed E-state index contributed by atoms with van der Waals surface area (Å²) in [5.74, 6) is -0.111. The molecule has 0 aliphatic heterocycles. The zero-order chi connectivity index (χ0) is 19.6. The Kier molecular flexibility index (Phi) is 5.22. The van der Waals surface area contributed by atoms with Gasteiger partial charge in [-0.3, -0.25) is 4.79 Å². The number of nitrogens with zero attached hydrogens (tertiary/aromatic N) is 3. The van der Waals surface area contributed by atoms with Crippen LogP contribution in [-0.4, -0.2) is 26.9 Å². The van der Waals surface area contributed by atoms with Gasteiger partial charge < -0.3 is 5.32 Å². The maximum Gasteiger partial charge on any atom is 0.433 e. The van der Waals surface area contributed by atoms with Crippen molar-refractivity contribution in [2.45, 2.75) is 18.0 Å². The average Bonchev–Trinajstić information content (AvgIpc) is 3.04. The van der Waals surface area contributed by atoms with E-state index >= 15 is 0 Å². The minimum absolute atomic E-state index is 0.00111. The van der Waals surface area contributed by atoms with Crippen LogP contribution in [0.5, 0.6) is 0 Å². The predicted molar refractivity (Wildman–Crippen MR) is 97.3 cm³/mol. The van der Waals surface area contributed by atoms with Crippen molar-refractivity contribution in [2.75, 3.05) is 11.6 Å². The molecule has 1 amide bonds. The average molecular weight is 392 g/mol. The predicted octanol–water partition coefficient (Wildman–Crippen LogP) is 4.57. The molecule has 0 unspecified atom stereocenters. The smallest absolute Gasteiger partial charge is 0.305 e. The quantitative estimate of drug-likeness (QED) is 0.661. The Morgan fingerprint density at radius 3 is 2.44 bits per heavy atom. The second kappa shape index (κ2) is 7.43. The van der Waals surface area contributed by atoms with Crippen LogP contribution in [0.2, 0.25) is 0 Å². The molecule has 3 rings (SSSR count). The van der Waals surface area contributed by atoms with E-state index in [0.717, 1.165) is 22.7 Å². The van der Waals surface area contributed by atoms with Gasteiger partial charge in [-0.25, -0.2) is 9.67 Å². The number of hydrogen-bond donors (Lipinski definition) is 1. The molecule has 0 atom stereocenters. The second-order valence-corrected chi connectivity index (χ2v) is 6.44. The third-order valence-corrected chi connectivity index (χ3v) is 4.55. The summed E-state index contributed by atoms with van der Waals surface area (Å²) in [6.07, 6.45) is -1.10. The maximum atomic E-state index is 12.8. The largest absolute Gasteiger partial charge is 0.433 e. The standard InChI is InChI=1S/C18H15F3N4OS/c1-11-13(8-9-15(23-11)18(19,20)21)17(26)24-16-14(27-2)10-22-25(16)12-6-4-3-5-7-12/h3-10H,1-2H3,(H,24,26). The minimum Gasteiger partial charge on any atom is -0.305 e. The van der Waals surface area contributed by atoms with E-state index in [0.29, 0.717) is 5.82 Å². The Morgan fingerprint density at radius 1 is 1.15 bits per heavy atom. The molecule has 2 aromatic heterocycles. The van der Waals surface area contributed by atoms with Crippen LogP contribution < -0.4 is 5.32 Å². The van der Waals surface area contributed by atoms with Gasteiger partial charge in [0.05, 0.1) is 28.0 Å². The molecule has 0 bridgehead atoms. The highest BCUT2D eigenvalue weighted by atomic mass is 32.2. The normalized spacial score (nSPS) is 11.4. The Hall–Kier alpha value is -2.81. The number of amides is 1. The van der Waals surface area contributed by atoms with Crippen molar-refractivity contribution < 1.29 is 18.0 Å². The molecule has 0 aliphatic carbocycles. The maximum absolute atomic E-state index is 12.8. The van der Waals surface area contributed by atoms with Gasteiger partial charge in [-0.15, -0.1) is 11.8 Å². The number of carbonyl (C=O) groups excluding carboxylic acids is 1. The van der Waals surface area contributed by atoms with Gasteiger partial charge in [0.15, 0.2) is 0 Å². The molecule has 0 saturated heterocycles. The highest BCUT2D eigenvalue weighted by molar-refractivity contribution is 7.98. The van der Waals surface area contributed by atoms with E-state index in [1.165, 1.54) is 18.7 Å².